The van der Waals surface area contributed by atoms with Gasteiger partial charge >= 0.3 is 0 Å². The summed E-state index contributed by atoms with van der Waals surface area (Å²) < 4.78 is 28.4. The van der Waals surface area contributed by atoms with Crippen LogP contribution in [0.25, 0.3) is 0 Å². The summed E-state index contributed by atoms with van der Waals surface area (Å²) in [6, 6.07) is 8.02. The molecule has 1 aromatic carbocycles. The first-order valence-corrected chi connectivity index (χ1v) is 6.16. The van der Waals surface area contributed by atoms with Crippen LogP contribution in [0, 0.1) is 0 Å². The molecule has 0 heterocycles. The van der Waals surface area contributed by atoms with E-state index in [-0.39, 0.29) is 12.0 Å². The molecule has 0 fully saturated rings. The second kappa shape index (κ2) is 7.62. The lowest BCUT2D eigenvalue weighted by atomic mass is 10.1. The summed E-state index contributed by atoms with van der Waals surface area (Å²) in [5.74, 6) is 0. The molecule has 1 aromatic rings. The Kier molecular flexibility index (Phi) is 6.45. The lowest BCUT2D eigenvalue weighted by Crippen LogP contribution is -2.06. The highest BCUT2D eigenvalue weighted by atomic mass is 35.5. The maximum absolute atomic E-state index is 11.8. The van der Waals surface area contributed by atoms with Crippen LogP contribution in [0.3, 0.4) is 0 Å². The standard InChI is InChI=1S/C13H17ClF2O/c1-2-10-3-5-11(6-4-10)12(14)7-8-17-9-13(15)16/h3-6,12-13H,2,7-9H2,1H3. The third-order valence-corrected chi connectivity index (χ3v) is 2.98. The third-order valence-electron chi connectivity index (χ3n) is 2.51. The van der Waals surface area contributed by atoms with E-state index in [4.69, 9.17) is 16.3 Å². The van der Waals surface area contributed by atoms with Crippen LogP contribution in [0.15, 0.2) is 24.3 Å². The van der Waals surface area contributed by atoms with Crippen LogP contribution in [0.2, 0.25) is 0 Å². The van der Waals surface area contributed by atoms with E-state index in [0.717, 1.165) is 12.0 Å². The van der Waals surface area contributed by atoms with Gasteiger partial charge in [-0.05, 0) is 24.0 Å². The van der Waals surface area contributed by atoms with E-state index < -0.39 is 13.0 Å². The molecule has 0 bridgehead atoms. The second-order valence-corrected chi connectivity index (χ2v) is 4.34. The second-order valence-electron chi connectivity index (χ2n) is 3.82. The minimum absolute atomic E-state index is 0.182. The summed E-state index contributed by atoms with van der Waals surface area (Å²) in [5.41, 5.74) is 2.26. The van der Waals surface area contributed by atoms with Gasteiger partial charge in [0.2, 0.25) is 0 Å². The lowest BCUT2D eigenvalue weighted by molar-refractivity contribution is 0.0165. The monoisotopic (exact) mass is 262 g/mol. The molecular formula is C13H17ClF2O. The highest BCUT2D eigenvalue weighted by Crippen LogP contribution is 2.24. The van der Waals surface area contributed by atoms with Crippen molar-refractivity contribution in [2.75, 3.05) is 13.2 Å². The molecule has 96 valence electrons. The van der Waals surface area contributed by atoms with Crippen LogP contribution in [0.4, 0.5) is 8.78 Å². The topological polar surface area (TPSA) is 9.23 Å². The average Bonchev–Trinajstić information content (AvgIpc) is 2.34. The zero-order valence-corrected chi connectivity index (χ0v) is 10.6. The van der Waals surface area contributed by atoms with Crippen molar-refractivity contribution < 1.29 is 13.5 Å². The molecule has 0 aliphatic heterocycles. The fourth-order valence-corrected chi connectivity index (χ4v) is 1.72. The quantitative estimate of drug-likeness (QED) is 0.529. The molecule has 1 unspecified atom stereocenters. The van der Waals surface area contributed by atoms with Crippen molar-refractivity contribution in [1.29, 1.82) is 0 Å². The van der Waals surface area contributed by atoms with Gasteiger partial charge in [0.05, 0.1) is 5.38 Å². The molecule has 1 rings (SSSR count). The Labute approximate surface area is 106 Å². The smallest absolute Gasteiger partial charge is 0.261 e. The van der Waals surface area contributed by atoms with Crippen molar-refractivity contribution in [3.05, 3.63) is 35.4 Å². The predicted octanol–water partition coefficient (Wildman–Crippen LogP) is 4.20. The zero-order chi connectivity index (χ0) is 12.7. The van der Waals surface area contributed by atoms with Crippen LogP contribution in [-0.2, 0) is 11.2 Å². The van der Waals surface area contributed by atoms with Crippen LogP contribution in [-0.4, -0.2) is 19.6 Å². The maximum Gasteiger partial charge on any atom is 0.261 e. The predicted molar refractivity (Wildman–Crippen MR) is 65.9 cm³/mol. The highest BCUT2D eigenvalue weighted by Gasteiger charge is 2.08. The van der Waals surface area contributed by atoms with Gasteiger partial charge in [0.1, 0.15) is 6.61 Å². The molecule has 0 aliphatic rings. The van der Waals surface area contributed by atoms with Crippen LogP contribution >= 0.6 is 11.6 Å². The molecular weight excluding hydrogens is 246 g/mol. The molecule has 0 saturated carbocycles. The van der Waals surface area contributed by atoms with Gasteiger partial charge in [0.15, 0.2) is 0 Å². The number of halogens is 3. The molecule has 1 nitrogen and oxygen atoms in total. The third kappa shape index (κ3) is 5.46. The molecule has 4 heteroatoms. The van der Waals surface area contributed by atoms with Gasteiger partial charge in [-0.3, -0.25) is 0 Å². The Hall–Kier alpha value is -0.670. The van der Waals surface area contributed by atoms with E-state index in [1.54, 1.807) is 0 Å². The van der Waals surface area contributed by atoms with Gasteiger partial charge in [0.25, 0.3) is 6.43 Å². The molecule has 0 amide bonds. The summed E-state index contributed by atoms with van der Waals surface area (Å²) >= 11 is 6.15. The fraction of sp³-hybridized carbons (Fsp3) is 0.538. The largest absolute Gasteiger partial charge is 0.375 e. The lowest BCUT2D eigenvalue weighted by Gasteiger charge is -2.10. The molecule has 0 radical (unpaired) electrons. The van der Waals surface area contributed by atoms with Gasteiger partial charge in [-0.25, -0.2) is 8.78 Å². The van der Waals surface area contributed by atoms with Crippen LogP contribution in [0.5, 0.6) is 0 Å². The van der Waals surface area contributed by atoms with Gasteiger partial charge in [-0.15, -0.1) is 11.6 Å². The molecule has 0 N–H and O–H groups in total. The Morgan fingerprint density at radius 3 is 2.41 bits per heavy atom. The molecule has 17 heavy (non-hydrogen) atoms. The fourth-order valence-electron chi connectivity index (χ4n) is 1.49. The normalized spacial score (nSPS) is 13.0. The summed E-state index contributed by atoms with van der Waals surface area (Å²) in [5, 5.41) is -0.182. The molecule has 0 aromatic heterocycles. The number of hydrogen-bond acceptors (Lipinski definition) is 1. The van der Waals surface area contributed by atoms with Crippen molar-refractivity contribution in [1.82, 2.24) is 0 Å². The van der Waals surface area contributed by atoms with Crippen molar-refractivity contribution >= 4 is 11.6 Å². The average molecular weight is 263 g/mol. The summed E-state index contributed by atoms with van der Waals surface area (Å²) in [7, 11) is 0. The number of aryl methyl sites for hydroxylation is 1. The van der Waals surface area contributed by atoms with Crippen molar-refractivity contribution in [3.8, 4) is 0 Å². The minimum Gasteiger partial charge on any atom is -0.375 e. The summed E-state index contributed by atoms with van der Waals surface area (Å²) in [4.78, 5) is 0. The van der Waals surface area contributed by atoms with Crippen LogP contribution in [0.1, 0.15) is 29.8 Å². The number of hydrogen-bond donors (Lipinski definition) is 0. The van der Waals surface area contributed by atoms with E-state index in [9.17, 15) is 8.78 Å². The SMILES string of the molecule is CCc1ccc(C(Cl)CCOCC(F)F)cc1. The highest BCUT2D eigenvalue weighted by molar-refractivity contribution is 6.20. The summed E-state index contributed by atoms with van der Waals surface area (Å²) in [6.45, 7) is 1.83. The van der Waals surface area contributed by atoms with E-state index in [1.807, 2.05) is 24.3 Å². The number of ether oxygens (including phenoxy) is 1. The Morgan fingerprint density at radius 1 is 1.24 bits per heavy atom. The Morgan fingerprint density at radius 2 is 1.88 bits per heavy atom. The first-order valence-electron chi connectivity index (χ1n) is 5.72. The molecule has 1 atom stereocenters. The van der Waals surface area contributed by atoms with Gasteiger partial charge in [-0.1, -0.05) is 31.2 Å². The maximum atomic E-state index is 11.8. The summed E-state index contributed by atoms with van der Waals surface area (Å²) in [6.07, 6.45) is -0.877. The van der Waals surface area contributed by atoms with E-state index >= 15 is 0 Å². The Bertz CT molecular complexity index is 314. The van der Waals surface area contributed by atoms with Crippen molar-refractivity contribution in [2.24, 2.45) is 0 Å². The van der Waals surface area contributed by atoms with Gasteiger partial charge < -0.3 is 4.74 Å². The van der Waals surface area contributed by atoms with E-state index in [2.05, 4.69) is 6.92 Å². The molecule has 0 spiro atoms. The molecule has 0 saturated heterocycles. The van der Waals surface area contributed by atoms with Gasteiger partial charge in [-0.2, -0.15) is 0 Å². The first kappa shape index (κ1) is 14.4. The Balaban J connectivity index is 2.33. The number of alkyl halides is 3. The van der Waals surface area contributed by atoms with Crippen molar-refractivity contribution in [2.45, 2.75) is 31.6 Å². The van der Waals surface area contributed by atoms with Crippen molar-refractivity contribution in [3.63, 3.8) is 0 Å². The zero-order valence-electron chi connectivity index (χ0n) is 9.83. The van der Waals surface area contributed by atoms with Crippen LogP contribution < -0.4 is 0 Å². The van der Waals surface area contributed by atoms with Gasteiger partial charge in [0, 0.05) is 6.61 Å². The first-order chi connectivity index (χ1) is 8.13. The van der Waals surface area contributed by atoms with E-state index in [1.165, 1.54) is 5.56 Å². The van der Waals surface area contributed by atoms with E-state index in [0.29, 0.717) is 6.42 Å². The number of rotatable bonds is 7. The minimum atomic E-state index is -2.41. The number of benzene rings is 1. The molecule has 0 aliphatic carbocycles.